The number of fused-ring (bicyclic) bond motifs is 3. The van der Waals surface area contributed by atoms with Gasteiger partial charge >= 0.3 is 0 Å². The Morgan fingerprint density at radius 3 is 2.25 bits per heavy atom. The van der Waals surface area contributed by atoms with Gasteiger partial charge in [0.1, 0.15) is 0 Å². The number of allylic oxidation sites excluding steroid dienone is 2. The first kappa shape index (κ1) is 21.5. The summed E-state index contributed by atoms with van der Waals surface area (Å²) in [7, 11) is 0. The van der Waals surface area contributed by atoms with Crippen molar-refractivity contribution in [2.75, 3.05) is 0 Å². The van der Waals surface area contributed by atoms with E-state index in [2.05, 4.69) is 11.1 Å². The summed E-state index contributed by atoms with van der Waals surface area (Å²) in [5.74, 6) is 0.0225. The summed E-state index contributed by atoms with van der Waals surface area (Å²) >= 11 is 0. The van der Waals surface area contributed by atoms with E-state index in [1.54, 1.807) is 6.20 Å². The first-order chi connectivity index (χ1) is 13.0. The second-order valence-corrected chi connectivity index (χ2v) is 6.16. The number of aromatic nitrogens is 1. The molecule has 0 atom stereocenters. The molecule has 1 heterocycles. The van der Waals surface area contributed by atoms with Crippen LogP contribution in [0.5, 0.6) is 0 Å². The van der Waals surface area contributed by atoms with Gasteiger partial charge in [-0.1, -0.05) is 47.5 Å². The third-order valence-corrected chi connectivity index (χ3v) is 4.01. The Balaban J connectivity index is 0.000000306. The predicted molar refractivity (Wildman–Crippen MR) is 104 cm³/mol. The van der Waals surface area contributed by atoms with Crippen LogP contribution in [0.4, 0.5) is 0 Å². The normalized spacial score (nSPS) is 11.5. The Bertz CT molecular complexity index is 1040. The number of aliphatic hydroxyl groups is 1. The van der Waals surface area contributed by atoms with Gasteiger partial charge in [0.15, 0.2) is 11.6 Å². The molecule has 144 valence electrons. The summed E-state index contributed by atoms with van der Waals surface area (Å²) in [6.07, 6.45) is 2.91. The van der Waals surface area contributed by atoms with Crippen LogP contribution in [0.3, 0.4) is 0 Å². The van der Waals surface area contributed by atoms with Crippen LogP contribution in [-0.2, 0) is 25.9 Å². The molecule has 2 aromatic carbocycles. The average Bonchev–Trinajstić information content (AvgIpc) is 2.94. The number of carbonyl (C=O) groups excluding carboxylic acids is 2. The Hall–Kier alpha value is -2.84. The first-order valence-corrected chi connectivity index (χ1v) is 8.46. The van der Waals surface area contributed by atoms with Gasteiger partial charge in [0.25, 0.3) is 0 Å². The third kappa shape index (κ3) is 4.71. The average molecular weight is 551 g/mol. The number of nitrogens with zero attached hydrogens (tertiary/aromatic N) is 1. The number of aliphatic hydroxyl groups excluding tert-OH is 1. The molecule has 3 aromatic rings. The molecule has 4 nitrogen and oxygen atoms in total. The maximum Gasteiger partial charge on any atom is 0.175 e. The number of ketones is 2. The van der Waals surface area contributed by atoms with Crippen molar-refractivity contribution < 1.29 is 35.8 Å². The van der Waals surface area contributed by atoms with Crippen LogP contribution in [0, 0.1) is 6.07 Å². The predicted octanol–water partition coefficient (Wildman–Crippen LogP) is 4.79. The molecule has 0 bridgehead atoms. The molecule has 1 aliphatic rings. The van der Waals surface area contributed by atoms with E-state index in [4.69, 9.17) is 5.11 Å². The van der Waals surface area contributed by atoms with Crippen LogP contribution in [0.1, 0.15) is 29.8 Å². The molecule has 0 amide bonds. The fourth-order valence-electron chi connectivity index (χ4n) is 2.93. The summed E-state index contributed by atoms with van der Waals surface area (Å²) in [5, 5.41) is 8.36. The van der Waals surface area contributed by atoms with Crippen LogP contribution in [-0.4, -0.2) is 21.7 Å². The smallest absolute Gasteiger partial charge is 0.175 e. The number of pyridine rings is 1. The van der Waals surface area contributed by atoms with Gasteiger partial charge in [0.05, 0.1) is 5.76 Å². The molecule has 28 heavy (non-hydrogen) atoms. The van der Waals surface area contributed by atoms with Gasteiger partial charge in [-0.15, -0.1) is 23.8 Å². The Morgan fingerprint density at radius 1 is 1.00 bits per heavy atom. The second kappa shape index (κ2) is 9.38. The van der Waals surface area contributed by atoms with E-state index in [9.17, 15) is 9.59 Å². The van der Waals surface area contributed by atoms with Crippen molar-refractivity contribution in [2.24, 2.45) is 0 Å². The molecule has 0 aliphatic heterocycles. The molecule has 0 fully saturated rings. The van der Waals surface area contributed by atoms with E-state index in [0.717, 1.165) is 33.5 Å². The molecule has 1 N–H and O–H groups in total. The van der Waals surface area contributed by atoms with Crippen LogP contribution in [0.2, 0.25) is 0 Å². The molecule has 0 saturated heterocycles. The zero-order chi connectivity index (χ0) is 19.4. The van der Waals surface area contributed by atoms with Gasteiger partial charge in [-0.25, -0.2) is 0 Å². The Kier molecular flexibility index (Phi) is 7.19. The van der Waals surface area contributed by atoms with Crippen molar-refractivity contribution >= 4 is 11.6 Å². The Morgan fingerprint density at radius 2 is 1.68 bits per heavy atom. The minimum Gasteiger partial charge on any atom is -0.512 e. The van der Waals surface area contributed by atoms with Gasteiger partial charge in [-0.05, 0) is 31.2 Å². The standard InChI is InChI=1S/C18H10NO.C5H8O2.Pt/c20-18-15-6-2-1-5-13(15)14-9-8-12(11-16(14)18)17-7-3-4-10-19-17;1-4(6)3-5(2)7;/h1-7,9-11H;3,6H,1-2H3;/q-1;;/b;4-3-;. The van der Waals surface area contributed by atoms with Crippen molar-refractivity contribution in [1.29, 1.82) is 0 Å². The van der Waals surface area contributed by atoms with Crippen molar-refractivity contribution in [2.45, 2.75) is 13.8 Å². The van der Waals surface area contributed by atoms with E-state index in [-0.39, 0.29) is 38.4 Å². The summed E-state index contributed by atoms with van der Waals surface area (Å²) in [4.78, 5) is 26.8. The Labute approximate surface area is 178 Å². The molecule has 4 rings (SSSR count). The van der Waals surface area contributed by atoms with Crippen LogP contribution in [0.15, 0.2) is 72.6 Å². The largest absolute Gasteiger partial charge is 0.512 e. The molecule has 0 spiro atoms. The number of rotatable bonds is 2. The van der Waals surface area contributed by atoms with E-state index < -0.39 is 0 Å². The van der Waals surface area contributed by atoms with Crippen LogP contribution >= 0.6 is 0 Å². The van der Waals surface area contributed by atoms with E-state index in [0.29, 0.717) is 0 Å². The first-order valence-electron chi connectivity index (χ1n) is 8.46. The third-order valence-electron chi connectivity index (χ3n) is 4.01. The minimum atomic E-state index is -0.125. The number of benzene rings is 2. The van der Waals surface area contributed by atoms with Crippen LogP contribution in [0.25, 0.3) is 22.4 Å². The van der Waals surface area contributed by atoms with Gasteiger partial charge in [-0.3, -0.25) is 9.59 Å². The zero-order valence-corrected chi connectivity index (χ0v) is 17.7. The van der Waals surface area contributed by atoms with Crippen molar-refractivity contribution in [3.05, 3.63) is 89.8 Å². The molecule has 0 unspecified atom stereocenters. The summed E-state index contributed by atoms with van der Waals surface area (Å²) in [6.45, 7) is 2.85. The van der Waals surface area contributed by atoms with Gasteiger partial charge in [-0.2, -0.15) is 0 Å². The number of hydrogen-bond acceptors (Lipinski definition) is 4. The number of hydrogen-bond donors (Lipinski definition) is 1. The zero-order valence-electron chi connectivity index (χ0n) is 15.4. The summed E-state index contributed by atoms with van der Waals surface area (Å²) in [5.41, 5.74) is 5.16. The van der Waals surface area contributed by atoms with E-state index in [1.165, 1.54) is 19.9 Å². The maximum atomic E-state index is 12.4. The maximum absolute atomic E-state index is 12.4. The van der Waals surface area contributed by atoms with Crippen molar-refractivity contribution in [3.8, 4) is 22.4 Å². The van der Waals surface area contributed by atoms with Gasteiger partial charge < -0.3 is 10.1 Å². The fourth-order valence-corrected chi connectivity index (χ4v) is 2.93. The monoisotopic (exact) mass is 551 g/mol. The van der Waals surface area contributed by atoms with E-state index in [1.807, 2.05) is 54.6 Å². The van der Waals surface area contributed by atoms with Crippen LogP contribution < -0.4 is 0 Å². The molecule has 1 aromatic heterocycles. The number of carbonyl (C=O) groups is 2. The molecule has 1 aliphatic carbocycles. The van der Waals surface area contributed by atoms with Crippen molar-refractivity contribution in [1.82, 2.24) is 4.98 Å². The molecule has 0 radical (unpaired) electrons. The molecule has 0 saturated carbocycles. The minimum absolute atomic E-state index is 0. The van der Waals surface area contributed by atoms with Crippen molar-refractivity contribution in [3.63, 3.8) is 0 Å². The molecular weight excluding hydrogens is 533 g/mol. The topological polar surface area (TPSA) is 67.3 Å². The SMILES string of the molecule is CC(=O)/C=C(/C)O.O=C1c2cc(-c3ccccn3)[c-]cc2-c2ccccc21.[Pt]. The van der Waals surface area contributed by atoms with Gasteiger partial charge in [0.2, 0.25) is 0 Å². The fraction of sp³-hybridized carbons (Fsp3) is 0.0870. The van der Waals surface area contributed by atoms with Gasteiger partial charge in [0, 0.05) is 38.9 Å². The second-order valence-electron chi connectivity index (χ2n) is 6.16. The van der Waals surface area contributed by atoms with E-state index >= 15 is 0 Å². The molecule has 5 heteroatoms. The quantitative estimate of drug-likeness (QED) is 0.221. The summed E-state index contributed by atoms with van der Waals surface area (Å²) in [6, 6.07) is 20.4. The molecular formula is C23H18NO3Pt-. The summed E-state index contributed by atoms with van der Waals surface area (Å²) < 4.78 is 0.